The van der Waals surface area contributed by atoms with Gasteiger partial charge in [0.25, 0.3) is 11.8 Å². The van der Waals surface area contributed by atoms with Crippen LogP contribution in [-0.2, 0) is 17.3 Å². The molecular weight excluding hydrogens is 554 g/mol. The van der Waals surface area contributed by atoms with Crippen LogP contribution in [-0.4, -0.2) is 47.1 Å². The van der Waals surface area contributed by atoms with Gasteiger partial charge in [-0.15, -0.1) is 0 Å². The number of hydrogen-bond acceptors (Lipinski definition) is 4. The first kappa shape index (κ1) is 27.2. The third-order valence-electron chi connectivity index (χ3n) is 7.97. The van der Waals surface area contributed by atoms with Crippen LogP contribution in [0.2, 0.25) is 5.02 Å². The molecule has 0 aliphatic carbocycles. The zero-order valence-electron chi connectivity index (χ0n) is 23.0. The standard InChI is InChI=1S/C33H30ClN3O3S/c1-22-7-5-11-28(23(22)2)35-15-17-36(18-16-35)32(38)25-13-14-31-29(20-25)37(21-24-8-6-9-26(34)19-24)33(39)27-10-3-4-12-30(27)41(31)40/h3-14,19-20H,15-18,21H2,1-2H3/t41-/m1/s1. The Labute approximate surface area is 247 Å². The van der Waals surface area contributed by atoms with Crippen molar-refractivity contribution in [3.05, 3.63) is 118 Å². The summed E-state index contributed by atoms with van der Waals surface area (Å²) in [6.07, 6.45) is 0. The molecule has 0 spiro atoms. The number of rotatable bonds is 4. The molecule has 1 fully saturated rings. The number of carbonyl (C=O) groups excluding carboxylic acids is 2. The first-order chi connectivity index (χ1) is 19.8. The van der Waals surface area contributed by atoms with Crippen molar-refractivity contribution in [1.29, 1.82) is 0 Å². The van der Waals surface area contributed by atoms with E-state index in [9.17, 15) is 13.8 Å². The Morgan fingerprint density at radius 3 is 2.37 bits per heavy atom. The number of amides is 2. The zero-order chi connectivity index (χ0) is 28.7. The van der Waals surface area contributed by atoms with Crippen molar-refractivity contribution in [2.45, 2.75) is 30.2 Å². The number of halogens is 1. The number of fused-ring (bicyclic) bond motifs is 2. The van der Waals surface area contributed by atoms with E-state index in [1.54, 1.807) is 53.4 Å². The fourth-order valence-electron chi connectivity index (χ4n) is 5.58. The lowest BCUT2D eigenvalue weighted by molar-refractivity contribution is 0.0746. The van der Waals surface area contributed by atoms with E-state index in [4.69, 9.17) is 11.6 Å². The fourth-order valence-corrected chi connectivity index (χ4v) is 7.14. The molecule has 8 heteroatoms. The van der Waals surface area contributed by atoms with Gasteiger partial charge in [0.2, 0.25) is 0 Å². The van der Waals surface area contributed by atoms with E-state index in [0.29, 0.717) is 44.7 Å². The van der Waals surface area contributed by atoms with Gasteiger partial charge in [-0.3, -0.25) is 9.59 Å². The molecule has 6 rings (SSSR count). The second-order valence-corrected chi connectivity index (χ2v) is 12.3. The second kappa shape index (κ2) is 11.1. The average molecular weight is 584 g/mol. The summed E-state index contributed by atoms with van der Waals surface area (Å²) in [5.74, 6) is -0.365. The van der Waals surface area contributed by atoms with Crippen molar-refractivity contribution in [3.63, 3.8) is 0 Å². The van der Waals surface area contributed by atoms with Crippen molar-refractivity contribution in [2.75, 3.05) is 36.0 Å². The summed E-state index contributed by atoms with van der Waals surface area (Å²) >= 11 is 6.25. The van der Waals surface area contributed by atoms with Gasteiger partial charge >= 0.3 is 0 Å². The van der Waals surface area contributed by atoms with E-state index in [2.05, 4.69) is 36.9 Å². The number of benzene rings is 4. The van der Waals surface area contributed by atoms with Gasteiger partial charge in [-0.25, -0.2) is 4.21 Å². The number of nitrogens with zero attached hydrogens (tertiary/aromatic N) is 3. The Kier molecular flexibility index (Phi) is 7.41. The number of carbonyl (C=O) groups is 2. The molecule has 4 aromatic carbocycles. The lowest BCUT2D eigenvalue weighted by Crippen LogP contribution is -2.49. The van der Waals surface area contributed by atoms with Crippen molar-refractivity contribution < 1.29 is 13.8 Å². The van der Waals surface area contributed by atoms with Crippen LogP contribution in [0.4, 0.5) is 11.4 Å². The van der Waals surface area contributed by atoms with Crippen LogP contribution < -0.4 is 9.80 Å². The summed E-state index contributed by atoms with van der Waals surface area (Å²) in [7, 11) is -1.59. The van der Waals surface area contributed by atoms with E-state index in [1.165, 1.54) is 16.8 Å². The molecule has 0 saturated carbocycles. The zero-order valence-corrected chi connectivity index (χ0v) is 24.5. The van der Waals surface area contributed by atoms with E-state index < -0.39 is 10.8 Å². The minimum atomic E-state index is -1.59. The highest BCUT2D eigenvalue weighted by Gasteiger charge is 2.32. The van der Waals surface area contributed by atoms with Crippen molar-refractivity contribution >= 4 is 45.6 Å². The van der Waals surface area contributed by atoms with Crippen molar-refractivity contribution in [3.8, 4) is 0 Å². The molecule has 208 valence electrons. The highest BCUT2D eigenvalue weighted by molar-refractivity contribution is 7.85. The number of piperazine rings is 1. The monoisotopic (exact) mass is 583 g/mol. The van der Waals surface area contributed by atoms with Crippen LogP contribution in [0.3, 0.4) is 0 Å². The molecule has 2 aliphatic rings. The van der Waals surface area contributed by atoms with Gasteiger partial charge in [-0.2, -0.15) is 0 Å². The Morgan fingerprint density at radius 1 is 0.829 bits per heavy atom. The van der Waals surface area contributed by atoms with Gasteiger partial charge in [-0.05, 0) is 79.1 Å². The lowest BCUT2D eigenvalue weighted by Gasteiger charge is -2.37. The predicted octanol–water partition coefficient (Wildman–Crippen LogP) is 6.25. The molecule has 2 amide bonds. The van der Waals surface area contributed by atoms with Crippen LogP contribution in [0, 0.1) is 13.8 Å². The van der Waals surface area contributed by atoms with E-state index in [1.807, 2.05) is 23.1 Å². The maximum atomic E-state index is 13.9. The minimum absolute atomic E-state index is 0.101. The minimum Gasteiger partial charge on any atom is -0.368 e. The molecule has 0 bridgehead atoms. The number of anilines is 2. The lowest BCUT2D eigenvalue weighted by atomic mass is 10.1. The van der Waals surface area contributed by atoms with Crippen LogP contribution >= 0.6 is 11.6 Å². The Bertz CT molecular complexity index is 1700. The molecule has 1 saturated heterocycles. The van der Waals surface area contributed by atoms with Gasteiger partial charge in [0.05, 0.1) is 38.4 Å². The predicted molar refractivity (Wildman–Crippen MR) is 164 cm³/mol. The van der Waals surface area contributed by atoms with Gasteiger partial charge in [0.1, 0.15) is 0 Å². The molecule has 2 aliphatic heterocycles. The summed E-state index contributed by atoms with van der Waals surface area (Å²) in [6, 6.07) is 25.8. The summed E-state index contributed by atoms with van der Waals surface area (Å²) < 4.78 is 13.7. The molecule has 4 aromatic rings. The van der Waals surface area contributed by atoms with E-state index in [-0.39, 0.29) is 18.4 Å². The molecule has 0 radical (unpaired) electrons. The molecule has 0 unspecified atom stereocenters. The van der Waals surface area contributed by atoms with Gasteiger partial charge < -0.3 is 14.7 Å². The third kappa shape index (κ3) is 5.16. The first-order valence-corrected chi connectivity index (χ1v) is 15.2. The van der Waals surface area contributed by atoms with Crippen LogP contribution in [0.1, 0.15) is 37.4 Å². The van der Waals surface area contributed by atoms with Crippen LogP contribution in [0.25, 0.3) is 0 Å². The van der Waals surface area contributed by atoms with E-state index >= 15 is 0 Å². The fraction of sp³-hybridized carbons (Fsp3) is 0.212. The Hall–Kier alpha value is -3.94. The molecule has 0 N–H and O–H groups in total. The molecule has 41 heavy (non-hydrogen) atoms. The summed E-state index contributed by atoms with van der Waals surface area (Å²) in [4.78, 5) is 34.4. The average Bonchev–Trinajstić information content (AvgIpc) is 3.07. The van der Waals surface area contributed by atoms with Gasteiger partial charge in [-0.1, -0.05) is 48.0 Å². The molecule has 2 heterocycles. The Morgan fingerprint density at radius 2 is 1.59 bits per heavy atom. The number of aryl methyl sites for hydroxylation is 1. The van der Waals surface area contributed by atoms with E-state index in [0.717, 1.165) is 18.7 Å². The quantitative estimate of drug-likeness (QED) is 0.285. The first-order valence-electron chi connectivity index (χ1n) is 13.6. The molecule has 1 atom stereocenters. The highest BCUT2D eigenvalue weighted by Crippen LogP contribution is 2.36. The van der Waals surface area contributed by atoms with Gasteiger partial charge in [0, 0.05) is 42.5 Å². The maximum Gasteiger partial charge on any atom is 0.259 e. The number of hydrogen-bond donors (Lipinski definition) is 0. The summed E-state index contributed by atoms with van der Waals surface area (Å²) in [5.41, 5.74) is 5.89. The van der Waals surface area contributed by atoms with Crippen LogP contribution in [0.5, 0.6) is 0 Å². The van der Waals surface area contributed by atoms with Crippen molar-refractivity contribution in [2.24, 2.45) is 0 Å². The largest absolute Gasteiger partial charge is 0.368 e. The van der Waals surface area contributed by atoms with Crippen LogP contribution in [0.15, 0.2) is 94.7 Å². The summed E-state index contributed by atoms with van der Waals surface area (Å²) in [6.45, 7) is 7.13. The smallest absolute Gasteiger partial charge is 0.259 e. The molecular formula is C33H30ClN3O3S. The topological polar surface area (TPSA) is 60.9 Å². The molecule has 6 nitrogen and oxygen atoms in total. The molecule has 0 aromatic heterocycles. The van der Waals surface area contributed by atoms with Gasteiger partial charge in [0.15, 0.2) is 0 Å². The maximum absolute atomic E-state index is 13.9. The normalized spacial score (nSPS) is 16.7. The second-order valence-electron chi connectivity index (χ2n) is 10.5. The Balaban J connectivity index is 1.32. The van der Waals surface area contributed by atoms with Crippen molar-refractivity contribution in [1.82, 2.24) is 4.90 Å². The SMILES string of the molecule is Cc1cccc(N2CCN(C(=O)c3ccc4c(c3)N(Cc3cccc(Cl)c3)C(=O)c3ccccc3[S@]4=O)CC2)c1C. The summed E-state index contributed by atoms with van der Waals surface area (Å²) in [5, 5.41) is 0.567. The third-order valence-corrected chi connectivity index (χ3v) is 9.71. The highest BCUT2D eigenvalue weighted by atomic mass is 35.5.